The number of terminal acetylenes is 1. The van der Waals surface area contributed by atoms with Crippen LogP contribution in [0.2, 0.25) is 0 Å². The Hall–Kier alpha value is -3.90. The van der Waals surface area contributed by atoms with Crippen LogP contribution in [0.5, 0.6) is 5.75 Å². The lowest BCUT2D eigenvalue weighted by atomic mass is 9.95. The highest BCUT2D eigenvalue weighted by Gasteiger charge is 2.34. The molecule has 0 bridgehead atoms. The van der Waals surface area contributed by atoms with Gasteiger partial charge in [-0.05, 0) is 36.4 Å². The van der Waals surface area contributed by atoms with Crippen LogP contribution in [0.15, 0.2) is 24.3 Å². The number of piperazine rings is 1. The Morgan fingerprint density at radius 1 is 1.14 bits per heavy atom. The number of benzene rings is 2. The molecule has 2 N–H and O–H groups in total. The summed E-state index contributed by atoms with van der Waals surface area (Å²) in [6.45, 7) is 3.15. The standard InChI is InChI=1S/C27H26F2N6O/c1-4-18-20(28)8-5-15-13-17(36)14-19(21(15)18)24-23(29)25-22(26(31-24)33(2)3)27(32-35(25)16-6-7-16)34-11-9-30-10-12-34/h1,5,8,13-14,16,30,36H,6-7,9-12H2,2-3H3. The first kappa shape index (κ1) is 22.6. The van der Waals surface area contributed by atoms with Gasteiger partial charge in [-0.15, -0.1) is 6.42 Å². The van der Waals surface area contributed by atoms with Gasteiger partial charge in [-0.25, -0.2) is 13.8 Å². The van der Waals surface area contributed by atoms with Gasteiger partial charge in [0, 0.05) is 51.2 Å². The first-order valence-electron chi connectivity index (χ1n) is 12.1. The van der Waals surface area contributed by atoms with Gasteiger partial charge in [0.05, 0.1) is 17.0 Å². The predicted molar refractivity (Wildman–Crippen MR) is 138 cm³/mol. The summed E-state index contributed by atoms with van der Waals surface area (Å²) >= 11 is 0. The largest absolute Gasteiger partial charge is 0.508 e. The fourth-order valence-electron chi connectivity index (χ4n) is 5.10. The molecule has 2 aromatic carbocycles. The van der Waals surface area contributed by atoms with Gasteiger partial charge in [0.1, 0.15) is 28.6 Å². The van der Waals surface area contributed by atoms with Gasteiger partial charge in [-0.2, -0.15) is 5.10 Å². The SMILES string of the molecule is C#Cc1c(F)ccc2cc(O)cc(-c3nc(N(C)C)c4c(N5CCNCC5)nn(C5CC5)c4c3F)c12. The fourth-order valence-corrected chi connectivity index (χ4v) is 5.10. The molecule has 1 aliphatic carbocycles. The van der Waals surface area contributed by atoms with E-state index in [1.165, 1.54) is 24.3 Å². The molecule has 36 heavy (non-hydrogen) atoms. The number of phenolic OH excluding ortho intramolecular Hbond substituents is 1. The summed E-state index contributed by atoms with van der Waals surface area (Å²) in [5.41, 5.74) is 0.623. The molecule has 2 fully saturated rings. The second-order valence-electron chi connectivity index (χ2n) is 9.61. The summed E-state index contributed by atoms with van der Waals surface area (Å²) in [5.74, 6) is 2.44. The van der Waals surface area contributed by atoms with E-state index in [1.54, 1.807) is 4.68 Å². The first-order chi connectivity index (χ1) is 17.4. The van der Waals surface area contributed by atoms with Crippen molar-refractivity contribution in [2.24, 2.45) is 0 Å². The molecule has 0 spiro atoms. The van der Waals surface area contributed by atoms with Crippen molar-refractivity contribution in [3.8, 4) is 29.4 Å². The van der Waals surface area contributed by atoms with E-state index in [9.17, 15) is 9.50 Å². The van der Waals surface area contributed by atoms with Crippen LogP contribution in [0.4, 0.5) is 20.4 Å². The molecule has 1 saturated heterocycles. The number of phenols is 1. The maximum absolute atomic E-state index is 16.6. The highest BCUT2D eigenvalue weighted by molar-refractivity contribution is 6.06. The predicted octanol–water partition coefficient (Wildman–Crippen LogP) is 4.03. The number of hydrogen-bond donors (Lipinski definition) is 2. The van der Waals surface area contributed by atoms with Gasteiger partial charge in [0.2, 0.25) is 0 Å². The van der Waals surface area contributed by atoms with Crippen molar-refractivity contribution in [2.45, 2.75) is 18.9 Å². The third-order valence-electron chi connectivity index (χ3n) is 6.93. The van der Waals surface area contributed by atoms with Crippen LogP contribution in [0.3, 0.4) is 0 Å². The number of nitrogens with zero attached hydrogens (tertiary/aromatic N) is 5. The fraction of sp³-hybridized carbons (Fsp3) is 0.333. The molecule has 0 unspecified atom stereocenters. The summed E-state index contributed by atoms with van der Waals surface area (Å²) in [6.07, 6.45) is 7.52. The molecule has 0 amide bonds. The minimum Gasteiger partial charge on any atom is -0.508 e. The minimum atomic E-state index is -0.588. The molecule has 6 rings (SSSR count). The average Bonchev–Trinajstić information content (AvgIpc) is 3.64. The smallest absolute Gasteiger partial charge is 0.175 e. The summed E-state index contributed by atoms with van der Waals surface area (Å²) in [7, 11) is 3.71. The zero-order valence-corrected chi connectivity index (χ0v) is 20.1. The lowest BCUT2D eigenvalue weighted by Crippen LogP contribution is -2.43. The summed E-state index contributed by atoms with van der Waals surface area (Å²) in [4.78, 5) is 8.77. The Bertz CT molecular complexity index is 1560. The highest BCUT2D eigenvalue weighted by Crippen LogP contribution is 2.45. The second kappa shape index (κ2) is 8.35. The van der Waals surface area contributed by atoms with Crippen LogP contribution in [0.25, 0.3) is 32.9 Å². The number of fused-ring (bicyclic) bond motifs is 2. The van der Waals surface area contributed by atoms with Crippen molar-refractivity contribution in [3.05, 3.63) is 41.5 Å². The van der Waals surface area contributed by atoms with Crippen molar-refractivity contribution in [2.75, 3.05) is 50.1 Å². The third kappa shape index (κ3) is 3.44. The quantitative estimate of drug-likeness (QED) is 0.423. The van der Waals surface area contributed by atoms with E-state index in [4.69, 9.17) is 16.5 Å². The Morgan fingerprint density at radius 3 is 2.56 bits per heavy atom. The lowest BCUT2D eigenvalue weighted by Gasteiger charge is -2.28. The van der Waals surface area contributed by atoms with Crippen molar-refractivity contribution in [1.82, 2.24) is 20.1 Å². The number of anilines is 2. The molecule has 184 valence electrons. The van der Waals surface area contributed by atoms with Crippen LogP contribution in [0.1, 0.15) is 24.4 Å². The van der Waals surface area contributed by atoms with Crippen LogP contribution in [0, 0.1) is 24.0 Å². The molecule has 9 heteroatoms. The topological polar surface area (TPSA) is 69.5 Å². The van der Waals surface area contributed by atoms with E-state index in [2.05, 4.69) is 16.1 Å². The third-order valence-corrected chi connectivity index (χ3v) is 6.93. The molecule has 1 saturated carbocycles. The monoisotopic (exact) mass is 488 g/mol. The summed E-state index contributed by atoms with van der Waals surface area (Å²) < 4.78 is 33.1. The van der Waals surface area contributed by atoms with E-state index in [0.717, 1.165) is 44.8 Å². The normalized spacial score (nSPS) is 16.0. The van der Waals surface area contributed by atoms with Crippen molar-refractivity contribution in [1.29, 1.82) is 0 Å². The number of pyridine rings is 1. The molecule has 4 aromatic rings. The Morgan fingerprint density at radius 2 is 1.89 bits per heavy atom. The summed E-state index contributed by atoms with van der Waals surface area (Å²) in [5, 5.41) is 20.2. The lowest BCUT2D eigenvalue weighted by molar-refractivity contribution is 0.476. The number of halogens is 2. The Kier molecular flexibility index (Phi) is 5.23. The van der Waals surface area contributed by atoms with Gasteiger partial charge in [0.25, 0.3) is 0 Å². The molecule has 3 heterocycles. The first-order valence-corrected chi connectivity index (χ1v) is 12.1. The molecule has 7 nitrogen and oxygen atoms in total. The number of rotatable bonds is 4. The van der Waals surface area contributed by atoms with Gasteiger partial charge in [-0.3, -0.25) is 4.68 Å². The van der Waals surface area contributed by atoms with E-state index in [-0.39, 0.29) is 28.6 Å². The van der Waals surface area contributed by atoms with Crippen LogP contribution in [-0.2, 0) is 0 Å². The number of hydrogen-bond acceptors (Lipinski definition) is 6. The Balaban J connectivity index is 1.72. The van der Waals surface area contributed by atoms with Crippen LogP contribution >= 0.6 is 0 Å². The number of nitrogens with one attached hydrogen (secondary N) is 1. The van der Waals surface area contributed by atoms with Gasteiger partial charge in [0.15, 0.2) is 11.6 Å². The van der Waals surface area contributed by atoms with Gasteiger partial charge < -0.3 is 20.2 Å². The van der Waals surface area contributed by atoms with Crippen LogP contribution < -0.4 is 15.1 Å². The van der Waals surface area contributed by atoms with Crippen molar-refractivity contribution < 1.29 is 13.9 Å². The maximum Gasteiger partial charge on any atom is 0.175 e. The molecule has 2 aliphatic rings. The van der Waals surface area contributed by atoms with Crippen molar-refractivity contribution >= 4 is 33.3 Å². The van der Waals surface area contributed by atoms with E-state index >= 15 is 4.39 Å². The van der Waals surface area contributed by atoms with Crippen molar-refractivity contribution in [3.63, 3.8) is 0 Å². The van der Waals surface area contributed by atoms with Gasteiger partial charge in [-0.1, -0.05) is 12.0 Å². The van der Waals surface area contributed by atoms with E-state index < -0.39 is 11.6 Å². The summed E-state index contributed by atoms with van der Waals surface area (Å²) in [6, 6.07) is 5.77. The molecule has 1 aliphatic heterocycles. The van der Waals surface area contributed by atoms with Crippen LogP contribution in [-0.4, -0.2) is 60.1 Å². The molecule has 0 radical (unpaired) electrons. The van der Waals surface area contributed by atoms with Gasteiger partial charge >= 0.3 is 0 Å². The molecule has 2 aromatic heterocycles. The van der Waals surface area contributed by atoms with E-state index in [1.807, 2.05) is 19.0 Å². The molecular weight excluding hydrogens is 462 g/mol. The molecular formula is C27H26F2N6O. The minimum absolute atomic E-state index is 0.00265. The highest BCUT2D eigenvalue weighted by atomic mass is 19.1. The number of aromatic nitrogens is 3. The molecule has 0 atom stereocenters. The number of aromatic hydroxyl groups is 1. The Labute approximate surface area is 207 Å². The maximum atomic E-state index is 16.6. The zero-order chi connectivity index (χ0) is 25.1. The average molecular weight is 489 g/mol. The zero-order valence-electron chi connectivity index (χ0n) is 20.1. The van der Waals surface area contributed by atoms with E-state index in [0.29, 0.717) is 27.5 Å². The second-order valence-corrected chi connectivity index (χ2v) is 9.61.